The number of aliphatic hydroxyl groups is 5. The molecule has 1 amide bonds. The Morgan fingerprint density at radius 2 is 0.895 bits per heavy atom. The smallest absolute Gasteiger partial charge is 0.305 e. The van der Waals surface area contributed by atoms with Gasteiger partial charge in [0, 0.05) is 12.8 Å². The SMILES string of the molecule is CCCC/C=C\C/C=C\CCCCCCCC(=O)OCCCCCCCCCCC/C=C\C/C=C\CCCCCCCCCCCC(=O)NC(COC1OC(CO)C(O)C(O)C1O)C(O)/C=C/CCCCCCCCC. The predicted molar refractivity (Wildman–Crippen MR) is 315 cm³/mol. The monoisotopic (exact) mass is 1070 g/mol. The second kappa shape index (κ2) is 54.3. The molecule has 1 heterocycles. The van der Waals surface area contributed by atoms with Crippen LogP contribution in [0.15, 0.2) is 60.8 Å². The van der Waals surface area contributed by atoms with Crippen LogP contribution >= 0.6 is 0 Å². The lowest BCUT2D eigenvalue weighted by Crippen LogP contribution is -2.60. The van der Waals surface area contributed by atoms with Crippen molar-refractivity contribution in [3.05, 3.63) is 60.8 Å². The maximum absolute atomic E-state index is 13.0. The van der Waals surface area contributed by atoms with E-state index in [0.717, 1.165) is 96.3 Å². The van der Waals surface area contributed by atoms with Crippen LogP contribution in [0.3, 0.4) is 0 Å². The highest BCUT2D eigenvalue weighted by molar-refractivity contribution is 5.76. The molecule has 0 bridgehead atoms. The zero-order valence-electron chi connectivity index (χ0n) is 48.7. The molecule has 1 aliphatic rings. The zero-order chi connectivity index (χ0) is 55.2. The van der Waals surface area contributed by atoms with Gasteiger partial charge in [-0.05, 0) is 89.9 Å². The molecule has 0 aromatic carbocycles. The highest BCUT2D eigenvalue weighted by Crippen LogP contribution is 2.23. The van der Waals surface area contributed by atoms with Crippen molar-refractivity contribution in [1.29, 1.82) is 0 Å². The van der Waals surface area contributed by atoms with E-state index in [4.69, 9.17) is 14.2 Å². The molecule has 7 unspecified atom stereocenters. The summed E-state index contributed by atoms with van der Waals surface area (Å²) >= 11 is 0. The van der Waals surface area contributed by atoms with E-state index in [0.29, 0.717) is 19.4 Å². The molecule has 11 nitrogen and oxygen atoms in total. The Kier molecular flexibility index (Phi) is 51.0. The molecule has 442 valence electrons. The van der Waals surface area contributed by atoms with Crippen LogP contribution in [0.2, 0.25) is 0 Å². The van der Waals surface area contributed by atoms with E-state index in [1.54, 1.807) is 6.08 Å². The number of carbonyl (C=O) groups is 2. The topological polar surface area (TPSA) is 175 Å². The van der Waals surface area contributed by atoms with Crippen molar-refractivity contribution in [2.75, 3.05) is 19.8 Å². The van der Waals surface area contributed by atoms with Gasteiger partial charge >= 0.3 is 5.97 Å². The van der Waals surface area contributed by atoms with Gasteiger partial charge in [-0.15, -0.1) is 0 Å². The minimum atomic E-state index is -1.57. The van der Waals surface area contributed by atoms with Crippen molar-refractivity contribution in [3.8, 4) is 0 Å². The third-order valence-electron chi connectivity index (χ3n) is 14.6. The number of ether oxygens (including phenoxy) is 3. The maximum atomic E-state index is 13.0. The summed E-state index contributed by atoms with van der Waals surface area (Å²) in [7, 11) is 0. The first-order chi connectivity index (χ1) is 37.2. The third kappa shape index (κ3) is 43.3. The van der Waals surface area contributed by atoms with E-state index in [1.165, 1.54) is 154 Å². The first-order valence-corrected chi connectivity index (χ1v) is 31.6. The van der Waals surface area contributed by atoms with E-state index in [9.17, 15) is 35.1 Å². The van der Waals surface area contributed by atoms with Crippen LogP contribution in [-0.4, -0.2) is 100 Å². The number of hydrogen-bond acceptors (Lipinski definition) is 10. The second-order valence-corrected chi connectivity index (χ2v) is 21.8. The third-order valence-corrected chi connectivity index (χ3v) is 14.6. The van der Waals surface area contributed by atoms with Gasteiger partial charge in [-0.2, -0.15) is 0 Å². The van der Waals surface area contributed by atoms with Gasteiger partial charge in [-0.25, -0.2) is 0 Å². The minimum absolute atomic E-state index is 0.0170. The fourth-order valence-corrected chi connectivity index (χ4v) is 9.54. The summed E-state index contributed by atoms with van der Waals surface area (Å²) in [5.74, 6) is -0.208. The molecule has 0 aliphatic carbocycles. The van der Waals surface area contributed by atoms with Crippen molar-refractivity contribution in [2.24, 2.45) is 0 Å². The Morgan fingerprint density at radius 3 is 1.37 bits per heavy atom. The summed E-state index contributed by atoms with van der Waals surface area (Å²) in [6, 6.07) is -0.814. The molecular formula is C65H117NO10. The van der Waals surface area contributed by atoms with Crippen molar-refractivity contribution in [3.63, 3.8) is 0 Å². The van der Waals surface area contributed by atoms with Crippen LogP contribution in [0.25, 0.3) is 0 Å². The lowest BCUT2D eigenvalue weighted by molar-refractivity contribution is -0.302. The molecular weight excluding hydrogens is 955 g/mol. The molecule has 7 atom stereocenters. The van der Waals surface area contributed by atoms with E-state index < -0.39 is 49.5 Å². The largest absolute Gasteiger partial charge is 0.466 e. The number of aliphatic hydroxyl groups excluding tert-OH is 5. The Morgan fingerprint density at radius 1 is 0.487 bits per heavy atom. The van der Waals surface area contributed by atoms with Crippen LogP contribution in [-0.2, 0) is 23.8 Å². The van der Waals surface area contributed by atoms with Crippen LogP contribution in [0, 0.1) is 0 Å². The highest BCUT2D eigenvalue weighted by atomic mass is 16.7. The van der Waals surface area contributed by atoms with Crippen molar-refractivity contribution in [1.82, 2.24) is 5.32 Å². The minimum Gasteiger partial charge on any atom is -0.466 e. The second-order valence-electron chi connectivity index (χ2n) is 21.8. The lowest BCUT2D eigenvalue weighted by Gasteiger charge is -2.40. The number of rotatable bonds is 54. The highest BCUT2D eigenvalue weighted by Gasteiger charge is 2.44. The molecule has 1 saturated heterocycles. The number of hydrogen-bond donors (Lipinski definition) is 6. The van der Waals surface area contributed by atoms with E-state index in [-0.39, 0.29) is 18.5 Å². The first-order valence-electron chi connectivity index (χ1n) is 31.6. The van der Waals surface area contributed by atoms with Gasteiger partial charge in [0.2, 0.25) is 5.91 Å². The van der Waals surface area contributed by atoms with Gasteiger partial charge in [-0.3, -0.25) is 9.59 Å². The van der Waals surface area contributed by atoms with E-state index >= 15 is 0 Å². The molecule has 76 heavy (non-hydrogen) atoms. The number of esters is 1. The lowest BCUT2D eigenvalue weighted by atomic mass is 9.99. The molecule has 1 aliphatic heterocycles. The fourth-order valence-electron chi connectivity index (χ4n) is 9.54. The predicted octanol–water partition coefficient (Wildman–Crippen LogP) is 15.0. The van der Waals surface area contributed by atoms with Gasteiger partial charge in [0.15, 0.2) is 6.29 Å². The van der Waals surface area contributed by atoms with Gasteiger partial charge in [0.05, 0.1) is 32.0 Å². The van der Waals surface area contributed by atoms with Gasteiger partial charge < -0.3 is 45.1 Å². The van der Waals surface area contributed by atoms with Crippen molar-refractivity contribution in [2.45, 2.75) is 320 Å². The Hall–Kier alpha value is -2.64. The molecule has 0 radical (unpaired) electrons. The Balaban J connectivity index is 2.00. The number of allylic oxidation sites excluding steroid dienone is 9. The number of unbranched alkanes of at least 4 members (excludes halogenated alkanes) is 32. The van der Waals surface area contributed by atoms with E-state index in [1.807, 2.05) is 6.08 Å². The zero-order valence-corrected chi connectivity index (χ0v) is 48.7. The van der Waals surface area contributed by atoms with Gasteiger partial charge in [-0.1, -0.05) is 235 Å². The normalized spacial score (nSPS) is 19.1. The van der Waals surface area contributed by atoms with Gasteiger partial charge in [0.25, 0.3) is 0 Å². The summed E-state index contributed by atoms with van der Waals surface area (Å²) in [4.78, 5) is 25.0. The number of carbonyl (C=O) groups excluding carboxylic acids is 2. The Labute approximate surface area is 465 Å². The van der Waals surface area contributed by atoms with Gasteiger partial charge in [0.1, 0.15) is 24.4 Å². The van der Waals surface area contributed by atoms with Crippen LogP contribution in [0.1, 0.15) is 277 Å². The van der Waals surface area contributed by atoms with Crippen LogP contribution in [0.5, 0.6) is 0 Å². The molecule has 6 N–H and O–H groups in total. The molecule has 1 rings (SSSR count). The molecule has 0 saturated carbocycles. The quantitative estimate of drug-likeness (QED) is 0.0195. The van der Waals surface area contributed by atoms with E-state index in [2.05, 4.69) is 67.8 Å². The summed E-state index contributed by atoms with van der Waals surface area (Å²) in [6.45, 7) is 4.26. The van der Waals surface area contributed by atoms with Crippen molar-refractivity contribution < 1.29 is 49.3 Å². The fraction of sp³-hybridized carbons (Fsp3) is 0.815. The summed E-state index contributed by atoms with van der Waals surface area (Å²) in [5, 5.41) is 54.2. The molecule has 0 aromatic heterocycles. The maximum Gasteiger partial charge on any atom is 0.305 e. The summed E-state index contributed by atoms with van der Waals surface area (Å²) in [6.07, 6.45) is 60.5. The molecule has 11 heteroatoms. The first kappa shape index (κ1) is 71.4. The molecule has 0 aromatic rings. The van der Waals surface area contributed by atoms with Crippen molar-refractivity contribution >= 4 is 11.9 Å². The van der Waals surface area contributed by atoms with Crippen LogP contribution in [0.4, 0.5) is 0 Å². The Bertz CT molecular complexity index is 1450. The number of nitrogens with one attached hydrogen (secondary N) is 1. The average molecular weight is 1070 g/mol. The average Bonchev–Trinajstić information content (AvgIpc) is 3.42. The molecule has 1 fully saturated rings. The summed E-state index contributed by atoms with van der Waals surface area (Å²) < 4.78 is 16.7. The number of amides is 1. The summed E-state index contributed by atoms with van der Waals surface area (Å²) in [5.41, 5.74) is 0. The van der Waals surface area contributed by atoms with Crippen LogP contribution < -0.4 is 5.32 Å². The standard InChI is InChI=1S/C65H117NO10/c1-3-5-7-9-11-13-14-15-30-33-37-41-45-49-53-61(70)74-54-50-46-42-38-34-31-28-26-24-22-20-18-16-17-19-21-23-25-27-29-32-36-40-44-48-52-60(69)66-57(58(68)51-47-43-39-35-12-10-8-6-4-2)56-75-65-64(73)63(72)62(71)59(55-67)76-65/h9,11,14-15,17-20,47,51,57-59,62-65,67-68,71-73H,3-8,10,12-13,16,21-46,48-50,52-56H2,1-2H3,(H,66,69)/b11-9-,15-14-,19-17-,20-18-,51-47+. The molecule has 0 spiro atoms.